The SMILES string of the molecule is CC(=O)N1CCC(Nc2cc(C(=O)NCC(O)CN3CCc4ccc(C)cc4C3)ncn2)CC1. The van der Waals surface area contributed by atoms with E-state index in [-0.39, 0.29) is 30.1 Å². The molecule has 1 aromatic heterocycles. The molecular formula is C25H34N6O3. The highest BCUT2D eigenvalue weighted by molar-refractivity contribution is 5.92. The van der Waals surface area contributed by atoms with Gasteiger partial charge in [-0.05, 0) is 37.3 Å². The predicted octanol–water partition coefficient (Wildman–Crippen LogP) is 1.36. The van der Waals surface area contributed by atoms with E-state index in [2.05, 4.69) is 50.6 Å². The highest BCUT2D eigenvalue weighted by Gasteiger charge is 2.22. The molecule has 3 N–H and O–H groups in total. The normalized spacial score (nSPS) is 17.7. The second-order valence-electron chi connectivity index (χ2n) is 9.33. The summed E-state index contributed by atoms with van der Waals surface area (Å²) in [6, 6.07) is 8.37. The summed E-state index contributed by atoms with van der Waals surface area (Å²) >= 11 is 0. The van der Waals surface area contributed by atoms with E-state index in [0.717, 1.165) is 32.4 Å². The van der Waals surface area contributed by atoms with E-state index in [1.807, 2.05) is 4.90 Å². The van der Waals surface area contributed by atoms with Gasteiger partial charge in [-0.15, -0.1) is 0 Å². The third-order valence-electron chi connectivity index (χ3n) is 6.61. The molecule has 9 heteroatoms. The molecule has 1 fully saturated rings. The first-order chi connectivity index (χ1) is 16.4. The molecule has 0 bridgehead atoms. The molecule has 34 heavy (non-hydrogen) atoms. The lowest BCUT2D eigenvalue weighted by Crippen LogP contribution is -2.42. The van der Waals surface area contributed by atoms with E-state index in [1.54, 1.807) is 13.0 Å². The number of nitrogens with one attached hydrogen (secondary N) is 2. The maximum Gasteiger partial charge on any atom is 0.270 e. The van der Waals surface area contributed by atoms with Crippen LogP contribution in [0.2, 0.25) is 0 Å². The van der Waals surface area contributed by atoms with Crippen LogP contribution in [0.5, 0.6) is 0 Å². The minimum Gasteiger partial charge on any atom is -0.390 e. The maximum absolute atomic E-state index is 12.6. The summed E-state index contributed by atoms with van der Waals surface area (Å²) < 4.78 is 0. The van der Waals surface area contributed by atoms with Crippen LogP contribution in [0.3, 0.4) is 0 Å². The Bertz CT molecular complexity index is 1020. The van der Waals surface area contributed by atoms with Crippen molar-refractivity contribution in [3.05, 3.63) is 53.0 Å². The number of aliphatic hydroxyl groups excluding tert-OH is 1. The third kappa shape index (κ3) is 6.30. The molecule has 3 heterocycles. The number of benzene rings is 1. The lowest BCUT2D eigenvalue weighted by Gasteiger charge is -2.31. The summed E-state index contributed by atoms with van der Waals surface area (Å²) in [6.45, 7) is 7.48. The van der Waals surface area contributed by atoms with Crippen LogP contribution in [0.4, 0.5) is 5.82 Å². The molecule has 1 saturated heterocycles. The van der Waals surface area contributed by atoms with Gasteiger partial charge in [-0.2, -0.15) is 0 Å². The number of fused-ring (bicyclic) bond motifs is 1. The van der Waals surface area contributed by atoms with Crippen LogP contribution < -0.4 is 10.6 Å². The van der Waals surface area contributed by atoms with Gasteiger partial charge in [-0.3, -0.25) is 14.5 Å². The topological polar surface area (TPSA) is 111 Å². The van der Waals surface area contributed by atoms with Gasteiger partial charge in [0.1, 0.15) is 17.8 Å². The molecule has 2 aliphatic heterocycles. The lowest BCUT2D eigenvalue weighted by atomic mass is 9.97. The quantitative estimate of drug-likeness (QED) is 0.565. The standard InChI is InChI=1S/C25H34N6O3/c1-17-3-4-19-5-8-30(14-20(19)11-17)15-22(33)13-26-25(34)23-12-24(28-16-27-23)29-21-6-9-31(10-7-21)18(2)32/h3-4,11-12,16,21-22,33H,5-10,13-15H2,1-2H3,(H,26,34)(H,27,28,29). The number of amides is 2. The molecule has 0 spiro atoms. The van der Waals surface area contributed by atoms with Gasteiger partial charge < -0.3 is 20.6 Å². The Morgan fingerprint density at radius 2 is 1.94 bits per heavy atom. The Morgan fingerprint density at radius 1 is 1.15 bits per heavy atom. The molecular weight excluding hydrogens is 432 g/mol. The van der Waals surface area contributed by atoms with Gasteiger partial charge in [0.05, 0.1) is 6.10 Å². The fourth-order valence-electron chi connectivity index (χ4n) is 4.67. The molecule has 2 aromatic rings. The van der Waals surface area contributed by atoms with Crippen LogP contribution in [-0.4, -0.2) is 81.6 Å². The fourth-order valence-corrected chi connectivity index (χ4v) is 4.67. The summed E-state index contributed by atoms with van der Waals surface area (Å²) in [5.74, 6) is 0.349. The van der Waals surface area contributed by atoms with Crippen molar-refractivity contribution in [1.82, 2.24) is 25.1 Å². The molecule has 1 atom stereocenters. The van der Waals surface area contributed by atoms with Crippen LogP contribution in [-0.2, 0) is 17.8 Å². The summed E-state index contributed by atoms with van der Waals surface area (Å²) in [5, 5.41) is 16.6. The number of β-amino-alcohol motifs (C(OH)–C–C–N with tert-alkyl or cyclic N) is 1. The number of aliphatic hydroxyl groups is 1. The highest BCUT2D eigenvalue weighted by atomic mass is 16.3. The van der Waals surface area contributed by atoms with Crippen molar-refractivity contribution in [1.29, 1.82) is 0 Å². The van der Waals surface area contributed by atoms with Gasteiger partial charge in [0.2, 0.25) is 5.91 Å². The summed E-state index contributed by atoms with van der Waals surface area (Å²) in [6.07, 6.45) is 3.33. The fraction of sp³-hybridized carbons (Fsp3) is 0.520. The molecule has 0 radical (unpaired) electrons. The van der Waals surface area contributed by atoms with Crippen LogP contribution in [0.25, 0.3) is 0 Å². The molecule has 0 saturated carbocycles. The number of hydrogen-bond acceptors (Lipinski definition) is 7. The Morgan fingerprint density at radius 3 is 2.71 bits per heavy atom. The van der Waals surface area contributed by atoms with Crippen molar-refractivity contribution < 1.29 is 14.7 Å². The molecule has 182 valence electrons. The van der Waals surface area contributed by atoms with Crippen molar-refractivity contribution in [2.45, 2.75) is 51.8 Å². The Labute approximate surface area is 200 Å². The number of aryl methyl sites for hydroxylation is 1. The number of carbonyl (C=O) groups excluding carboxylic acids is 2. The van der Waals surface area contributed by atoms with Gasteiger partial charge in [0, 0.05) is 58.3 Å². The molecule has 1 unspecified atom stereocenters. The number of hydrogen-bond donors (Lipinski definition) is 3. The van der Waals surface area contributed by atoms with Gasteiger partial charge in [0.15, 0.2) is 0 Å². The maximum atomic E-state index is 12.6. The smallest absolute Gasteiger partial charge is 0.270 e. The van der Waals surface area contributed by atoms with Crippen LogP contribution >= 0.6 is 0 Å². The van der Waals surface area contributed by atoms with Gasteiger partial charge in [-0.25, -0.2) is 9.97 Å². The molecule has 9 nitrogen and oxygen atoms in total. The van der Waals surface area contributed by atoms with Crippen LogP contribution in [0, 0.1) is 6.92 Å². The predicted molar refractivity (Wildman–Crippen MR) is 129 cm³/mol. The molecule has 2 aliphatic rings. The van der Waals surface area contributed by atoms with Gasteiger partial charge >= 0.3 is 0 Å². The zero-order chi connectivity index (χ0) is 24.1. The van der Waals surface area contributed by atoms with E-state index >= 15 is 0 Å². The molecule has 1 aromatic carbocycles. The Hall–Kier alpha value is -3.04. The summed E-state index contributed by atoms with van der Waals surface area (Å²) in [5.41, 5.74) is 4.19. The third-order valence-corrected chi connectivity index (χ3v) is 6.61. The van der Waals surface area contributed by atoms with Crippen molar-refractivity contribution >= 4 is 17.6 Å². The van der Waals surface area contributed by atoms with Crippen molar-refractivity contribution in [3.8, 4) is 0 Å². The van der Waals surface area contributed by atoms with Crippen LogP contribution in [0.15, 0.2) is 30.6 Å². The van der Waals surface area contributed by atoms with Crippen molar-refractivity contribution in [3.63, 3.8) is 0 Å². The molecule has 2 amide bonds. The van der Waals surface area contributed by atoms with Gasteiger partial charge in [-0.1, -0.05) is 23.8 Å². The second-order valence-corrected chi connectivity index (χ2v) is 9.33. The van der Waals surface area contributed by atoms with Crippen LogP contribution in [0.1, 0.15) is 46.9 Å². The molecule has 0 aliphatic carbocycles. The minimum atomic E-state index is -0.666. The molecule has 4 rings (SSSR count). The number of rotatable bonds is 7. The van der Waals surface area contributed by atoms with E-state index < -0.39 is 6.10 Å². The summed E-state index contributed by atoms with van der Waals surface area (Å²) in [7, 11) is 0. The Kier molecular flexibility index (Phi) is 7.74. The lowest BCUT2D eigenvalue weighted by molar-refractivity contribution is -0.129. The van der Waals surface area contributed by atoms with E-state index in [0.29, 0.717) is 25.5 Å². The first-order valence-electron chi connectivity index (χ1n) is 12.0. The average molecular weight is 467 g/mol. The van der Waals surface area contributed by atoms with E-state index in [9.17, 15) is 14.7 Å². The van der Waals surface area contributed by atoms with Crippen molar-refractivity contribution in [2.24, 2.45) is 0 Å². The zero-order valence-corrected chi connectivity index (χ0v) is 20.0. The minimum absolute atomic E-state index is 0.0989. The van der Waals surface area contributed by atoms with Crippen molar-refractivity contribution in [2.75, 3.05) is 38.0 Å². The first-order valence-corrected chi connectivity index (χ1v) is 12.0. The number of aromatic nitrogens is 2. The second kappa shape index (κ2) is 10.9. The van der Waals surface area contributed by atoms with E-state index in [1.165, 1.54) is 23.0 Å². The number of carbonyl (C=O) groups is 2. The average Bonchev–Trinajstić information content (AvgIpc) is 2.83. The number of nitrogens with zero attached hydrogens (tertiary/aromatic N) is 4. The number of anilines is 1. The van der Waals surface area contributed by atoms with E-state index in [4.69, 9.17) is 0 Å². The first kappa shape index (κ1) is 24.1. The zero-order valence-electron chi connectivity index (χ0n) is 20.0. The number of likely N-dealkylation sites (tertiary alicyclic amines) is 1. The van der Waals surface area contributed by atoms with Gasteiger partial charge in [0.25, 0.3) is 5.91 Å². The monoisotopic (exact) mass is 466 g/mol. The highest BCUT2D eigenvalue weighted by Crippen LogP contribution is 2.20. The largest absolute Gasteiger partial charge is 0.390 e. The Balaban J connectivity index is 1.23. The number of piperidine rings is 1. The summed E-state index contributed by atoms with van der Waals surface area (Å²) in [4.78, 5) is 36.5.